The molecule has 4 nitrogen and oxygen atoms in total. The molecule has 0 aliphatic rings. The summed E-state index contributed by atoms with van der Waals surface area (Å²) in [5.74, 6) is 0. The molecular formula is C11H17ClO4S. The highest BCUT2D eigenvalue weighted by Crippen LogP contribution is 2.20. The molecule has 1 rings (SSSR count). The highest BCUT2D eigenvalue weighted by atomic mass is 35.5. The Balaban J connectivity index is 0.000000770. The third-order valence-electron chi connectivity index (χ3n) is 1.59. The average Bonchev–Trinajstić information content (AvgIpc) is 2.27. The zero-order valence-electron chi connectivity index (χ0n) is 9.84. The van der Waals surface area contributed by atoms with Crippen LogP contribution < -0.4 is 0 Å². The summed E-state index contributed by atoms with van der Waals surface area (Å²) in [4.78, 5) is 0. The molecule has 6 heteroatoms. The summed E-state index contributed by atoms with van der Waals surface area (Å²) in [5.41, 5.74) is 0.845. The smallest absolute Gasteiger partial charge is 0.264 e. The number of rotatable bonds is 4. The fourth-order valence-corrected chi connectivity index (χ4v) is 1.61. The van der Waals surface area contributed by atoms with Gasteiger partial charge in [-0.25, -0.2) is 0 Å². The third kappa shape index (κ3) is 9.12. The van der Waals surface area contributed by atoms with Crippen LogP contribution in [0.3, 0.4) is 0 Å². The van der Waals surface area contributed by atoms with Crippen molar-refractivity contribution in [3.05, 3.63) is 35.9 Å². The maximum Gasteiger partial charge on any atom is 0.264 e. The van der Waals surface area contributed by atoms with E-state index in [1.165, 1.54) is 0 Å². The topological polar surface area (TPSA) is 63.6 Å². The van der Waals surface area contributed by atoms with Crippen LogP contribution in [0.25, 0.3) is 0 Å². The molecule has 1 aromatic rings. The molecule has 0 spiro atoms. The maximum absolute atomic E-state index is 10.7. The predicted molar refractivity (Wildman–Crippen MR) is 68.6 cm³/mol. The molecule has 0 amide bonds. The molecule has 1 atom stereocenters. The molecule has 1 aromatic carbocycles. The second kappa shape index (κ2) is 8.47. The number of aliphatic hydroxyl groups is 1. The van der Waals surface area contributed by atoms with Gasteiger partial charge in [-0.2, -0.15) is 8.42 Å². The molecule has 0 saturated heterocycles. The summed E-state index contributed by atoms with van der Waals surface area (Å²) in [6, 6.07) is 9.19. The standard InChI is InChI=1S/C9H11ClO3S.C2H6O/c1-14(11,12)13-7-9(10)8-5-3-2-4-6-8;1-2-3/h2-6,9H,7H2,1H3;3H,2H2,1H3. The molecule has 17 heavy (non-hydrogen) atoms. The second-order valence-corrected chi connectivity index (χ2v) is 5.35. The Labute approximate surface area is 107 Å². The summed E-state index contributed by atoms with van der Waals surface area (Å²) < 4.78 is 26.0. The molecule has 0 radical (unpaired) electrons. The number of hydrogen-bond acceptors (Lipinski definition) is 4. The largest absolute Gasteiger partial charge is 0.397 e. The van der Waals surface area contributed by atoms with Crippen molar-refractivity contribution >= 4 is 21.7 Å². The molecule has 0 aromatic heterocycles. The quantitative estimate of drug-likeness (QED) is 0.676. The maximum atomic E-state index is 10.7. The monoisotopic (exact) mass is 280 g/mol. The van der Waals surface area contributed by atoms with Crippen molar-refractivity contribution in [2.75, 3.05) is 19.5 Å². The van der Waals surface area contributed by atoms with Crippen molar-refractivity contribution in [1.29, 1.82) is 0 Å². The molecule has 0 aliphatic carbocycles. The second-order valence-electron chi connectivity index (χ2n) is 3.18. The van der Waals surface area contributed by atoms with E-state index in [0.29, 0.717) is 0 Å². The van der Waals surface area contributed by atoms with Crippen LogP contribution in [-0.2, 0) is 14.3 Å². The normalized spacial score (nSPS) is 12.5. The van der Waals surface area contributed by atoms with Gasteiger partial charge < -0.3 is 5.11 Å². The van der Waals surface area contributed by atoms with Gasteiger partial charge in [0.15, 0.2) is 0 Å². The average molecular weight is 281 g/mol. The molecular weight excluding hydrogens is 264 g/mol. The van der Waals surface area contributed by atoms with Crippen molar-refractivity contribution < 1.29 is 17.7 Å². The lowest BCUT2D eigenvalue weighted by molar-refractivity contribution is 0.318. The minimum Gasteiger partial charge on any atom is -0.397 e. The Kier molecular flexibility index (Phi) is 8.16. The van der Waals surface area contributed by atoms with Crippen LogP contribution >= 0.6 is 11.6 Å². The van der Waals surface area contributed by atoms with E-state index in [2.05, 4.69) is 4.18 Å². The third-order valence-corrected chi connectivity index (χ3v) is 2.53. The van der Waals surface area contributed by atoms with Gasteiger partial charge in [-0.1, -0.05) is 30.3 Å². The van der Waals surface area contributed by atoms with E-state index in [1.807, 2.05) is 30.3 Å². The Morgan fingerprint density at radius 3 is 2.24 bits per heavy atom. The van der Waals surface area contributed by atoms with Crippen LogP contribution in [0.15, 0.2) is 30.3 Å². The molecule has 0 fully saturated rings. The van der Waals surface area contributed by atoms with Gasteiger partial charge >= 0.3 is 0 Å². The zero-order chi connectivity index (χ0) is 13.3. The first-order valence-corrected chi connectivity index (χ1v) is 7.30. The first-order valence-electron chi connectivity index (χ1n) is 5.05. The molecule has 98 valence electrons. The van der Waals surface area contributed by atoms with Crippen molar-refractivity contribution in [1.82, 2.24) is 0 Å². The summed E-state index contributed by atoms with van der Waals surface area (Å²) in [6.45, 7) is 1.89. The summed E-state index contributed by atoms with van der Waals surface area (Å²) >= 11 is 5.92. The van der Waals surface area contributed by atoms with Gasteiger partial charge in [-0.05, 0) is 12.5 Å². The van der Waals surface area contributed by atoms with Crippen LogP contribution in [0.4, 0.5) is 0 Å². The van der Waals surface area contributed by atoms with Gasteiger partial charge in [0.1, 0.15) is 0 Å². The lowest BCUT2D eigenvalue weighted by Gasteiger charge is -2.08. The minimum absolute atomic E-state index is 0.0373. The molecule has 0 heterocycles. The van der Waals surface area contributed by atoms with Crippen LogP contribution in [0.1, 0.15) is 17.9 Å². The Morgan fingerprint density at radius 2 is 1.82 bits per heavy atom. The van der Waals surface area contributed by atoms with Gasteiger partial charge in [0.05, 0.1) is 18.2 Å². The molecule has 0 aliphatic heterocycles. The van der Waals surface area contributed by atoms with E-state index in [4.69, 9.17) is 16.7 Å². The Morgan fingerprint density at radius 1 is 1.35 bits per heavy atom. The highest BCUT2D eigenvalue weighted by Gasteiger charge is 2.10. The Hall–Kier alpha value is -0.620. The Bertz CT molecular complexity index is 391. The van der Waals surface area contributed by atoms with E-state index in [9.17, 15) is 8.42 Å². The van der Waals surface area contributed by atoms with E-state index in [-0.39, 0.29) is 13.2 Å². The summed E-state index contributed by atoms with van der Waals surface area (Å²) in [7, 11) is -3.41. The van der Waals surface area contributed by atoms with Crippen molar-refractivity contribution in [3.8, 4) is 0 Å². The van der Waals surface area contributed by atoms with E-state index < -0.39 is 15.5 Å². The van der Waals surface area contributed by atoms with Crippen LogP contribution in [0.5, 0.6) is 0 Å². The van der Waals surface area contributed by atoms with Gasteiger partial charge in [-0.3, -0.25) is 4.18 Å². The zero-order valence-corrected chi connectivity index (χ0v) is 11.4. The lowest BCUT2D eigenvalue weighted by atomic mass is 10.2. The fraction of sp³-hybridized carbons (Fsp3) is 0.455. The number of halogens is 1. The highest BCUT2D eigenvalue weighted by molar-refractivity contribution is 7.85. The number of hydrogen-bond donors (Lipinski definition) is 1. The SMILES string of the molecule is CCO.CS(=O)(=O)OCC(Cl)c1ccccc1. The summed E-state index contributed by atoms with van der Waals surface area (Å²) in [6.07, 6.45) is 1.00. The first kappa shape index (κ1) is 16.4. The molecule has 1 N–H and O–H groups in total. The molecule has 1 unspecified atom stereocenters. The minimum atomic E-state index is -3.41. The van der Waals surface area contributed by atoms with Crippen molar-refractivity contribution in [2.45, 2.75) is 12.3 Å². The van der Waals surface area contributed by atoms with Crippen molar-refractivity contribution in [3.63, 3.8) is 0 Å². The molecule has 0 saturated carbocycles. The van der Waals surface area contributed by atoms with E-state index in [0.717, 1.165) is 11.8 Å². The van der Waals surface area contributed by atoms with E-state index in [1.54, 1.807) is 6.92 Å². The number of alkyl halides is 1. The van der Waals surface area contributed by atoms with Crippen LogP contribution in [0, 0.1) is 0 Å². The van der Waals surface area contributed by atoms with Gasteiger partial charge in [0, 0.05) is 6.61 Å². The fourth-order valence-electron chi connectivity index (χ4n) is 0.941. The number of benzene rings is 1. The summed E-state index contributed by atoms with van der Waals surface area (Å²) in [5, 5.41) is 7.13. The van der Waals surface area contributed by atoms with E-state index >= 15 is 0 Å². The molecule has 0 bridgehead atoms. The number of aliphatic hydroxyl groups excluding tert-OH is 1. The van der Waals surface area contributed by atoms with Gasteiger partial charge in [0.25, 0.3) is 10.1 Å². The van der Waals surface area contributed by atoms with Crippen LogP contribution in [0.2, 0.25) is 0 Å². The lowest BCUT2D eigenvalue weighted by Crippen LogP contribution is -2.08. The first-order chi connectivity index (χ1) is 7.90. The van der Waals surface area contributed by atoms with Crippen LogP contribution in [-0.4, -0.2) is 33.0 Å². The van der Waals surface area contributed by atoms with Gasteiger partial charge in [-0.15, -0.1) is 11.6 Å². The predicted octanol–water partition coefficient (Wildman–Crippen LogP) is 1.94. The van der Waals surface area contributed by atoms with Gasteiger partial charge in [0.2, 0.25) is 0 Å². The van der Waals surface area contributed by atoms with Crippen molar-refractivity contribution in [2.24, 2.45) is 0 Å².